The van der Waals surface area contributed by atoms with Crippen LogP contribution in [0.1, 0.15) is 38.0 Å². The summed E-state index contributed by atoms with van der Waals surface area (Å²) >= 11 is 4.83. The molecule has 19 heavy (non-hydrogen) atoms. The van der Waals surface area contributed by atoms with Crippen molar-refractivity contribution in [1.82, 2.24) is 5.32 Å². The Labute approximate surface area is 125 Å². The van der Waals surface area contributed by atoms with Crippen LogP contribution in [0.15, 0.2) is 15.9 Å². The van der Waals surface area contributed by atoms with Crippen molar-refractivity contribution in [3.63, 3.8) is 0 Å². The number of carboxylic acids is 1. The zero-order chi connectivity index (χ0) is 14.6. The molecule has 2 N–H and O–H groups in total. The second-order valence-electron chi connectivity index (χ2n) is 4.89. The highest BCUT2D eigenvalue weighted by Crippen LogP contribution is 2.28. The van der Waals surface area contributed by atoms with E-state index in [9.17, 15) is 9.59 Å². The highest BCUT2D eigenvalue weighted by molar-refractivity contribution is 9.11. The number of halogens is 1. The standard InChI is InChI=1S/C13H18BrNO3S/c1-7(2)6-9(13(17)18)15-12(16)8(3)10-4-5-11(14)19-10/h4-5,7-9H,6H2,1-3H3,(H,15,16)(H,17,18)/t8?,9-/m0/s1. The maximum atomic E-state index is 12.1. The van der Waals surface area contributed by atoms with E-state index in [0.29, 0.717) is 6.42 Å². The van der Waals surface area contributed by atoms with Crippen molar-refractivity contribution in [2.24, 2.45) is 5.92 Å². The number of aliphatic carboxylic acids is 1. The molecule has 106 valence electrons. The zero-order valence-electron chi connectivity index (χ0n) is 11.1. The molecule has 1 rings (SSSR count). The van der Waals surface area contributed by atoms with E-state index in [0.717, 1.165) is 8.66 Å². The molecule has 0 radical (unpaired) electrons. The van der Waals surface area contributed by atoms with E-state index < -0.39 is 12.0 Å². The molecule has 0 saturated heterocycles. The first kappa shape index (κ1) is 16.2. The molecule has 0 aliphatic heterocycles. The summed E-state index contributed by atoms with van der Waals surface area (Å²) in [6.45, 7) is 5.64. The monoisotopic (exact) mass is 347 g/mol. The molecule has 1 aromatic heterocycles. The van der Waals surface area contributed by atoms with Gasteiger partial charge in [0.25, 0.3) is 0 Å². The number of carboxylic acid groups (broad SMARTS) is 1. The average Bonchev–Trinajstić information content (AvgIpc) is 2.73. The third-order valence-electron chi connectivity index (χ3n) is 2.74. The van der Waals surface area contributed by atoms with Crippen LogP contribution in [0.3, 0.4) is 0 Å². The van der Waals surface area contributed by atoms with Gasteiger partial charge in [0, 0.05) is 4.88 Å². The summed E-state index contributed by atoms with van der Waals surface area (Å²) in [4.78, 5) is 24.1. The molecule has 0 spiro atoms. The van der Waals surface area contributed by atoms with E-state index in [4.69, 9.17) is 5.11 Å². The number of rotatable bonds is 6. The molecule has 1 amide bonds. The summed E-state index contributed by atoms with van der Waals surface area (Å²) in [6.07, 6.45) is 0.432. The van der Waals surface area contributed by atoms with Gasteiger partial charge < -0.3 is 10.4 Å². The minimum atomic E-state index is -0.985. The maximum absolute atomic E-state index is 12.1. The lowest BCUT2D eigenvalue weighted by Crippen LogP contribution is -2.43. The number of thiophene rings is 1. The number of carbonyl (C=O) groups is 2. The molecule has 1 aromatic rings. The molecule has 6 heteroatoms. The summed E-state index contributed by atoms with van der Waals surface area (Å²) in [6, 6.07) is 2.93. The first-order chi connectivity index (χ1) is 8.81. The third-order valence-corrected chi connectivity index (χ3v) is 4.54. The van der Waals surface area contributed by atoms with Gasteiger partial charge in [-0.05, 0) is 47.3 Å². The normalized spacial score (nSPS) is 14.2. The molecule has 0 bridgehead atoms. The Morgan fingerprint density at radius 2 is 2.00 bits per heavy atom. The number of carbonyl (C=O) groups excluding carboxylic acids is 1. The molecular formula is C13H18BrNO3S. The van der Waals surface area contributed by atoms with Crippen LogP contribution in [0.4, 0.5) is 0 Å². The van der Waals surface area contributed by atoms with E-state index in [2.05, 4.69) is 21.2 Å². The van der Waals surface area contributed by atoms with Gasteiger partial charge in [0.1, 0.15) is 6.04 Å². The second kappa shape index (κ2) is 7.05. The van der Waals surface area contributed by atoms with Crippen LogP contribution in [-0.4, -0.2) is 23.0 Å². The average molecular weight is 348 g/mol. The van der Waals surface area contributed by atoms with Crippen LogP contribution in [0, 0.1) is 5.92 Å². The molecule has 0 saturated carbocycles. The van der Waals surface area contributed by atoms with E-state index in [-0.39, 0.29) is 17.7 Å². The minimum Gasteiger partial charge on any atom is -0.480 e. The zero-order valence-corrected chi connectivity index (χ0v) is 13.5. The Morgan fingerprint density at radius 1 is 1.37 bits per heavy atom. The fourth-order valence-corrected chi connectivity index (χ4v) is 3.15. The van der Waals surface area contributed by atoms with Crippen LogP contribution < -0.4 is 5.32 Å². The first-order valence-corrected chi connectivity index (χ1v) is 7.70. The highest BCUT2D eigenvalue weighted by atomic mass is 79.9. The third kappa shape index (κ3) is 4.95. The van der Waals surface area contributed by atoms with E-state index in [1.165, 1.54) is 11.3 Å². The Hall–Kier alpha value is -0.880. The molecule has 2 atom stereocenters. The highest BCUT2D eigenvalue weighted by Gasteiger charge is 2.25. The van der Waals surface area contributed by atoms with Crippen molar-refractivity contribution in [1.29, 1.82) is 0 Å². The van der Waals surface area contributed by atoms with Crippen LogP contribution >= 0.6 is 27.3 Å². The van der Waals surface area contributed by atoms with Crippen LogP contribution in [-0.2, 0) is 9.59 Å². The van der Waals surface area contributed by atoms with Crippen molar-refractivity contribution in [2.45, 2.75) is 39.2 Å². The van der Waals surface area contributed by atoms with Crippen LogP contribution in [0.5, 0.6) is 0 Å². The van der Waals surface area contributed by atoms with Gasteiger partial charge in [-0.25, -0.2) is 4.79 Å². The van der Waals surface area contributed by atoms with Gasteiger partial charge in [-0.1, -0.05) is 13.8 Å². The molecule has 1 heterocycles. The second-order valence-corrected chi connectivity index (χ2v) is 7.39. The summed E-state index contributed by atoms with van der Waals surface area (Å²) in [5, 5.41) is 11.7. The van der Waals surface area contributed by atoms with Crippen molar-refractivity contribution >= 4 is 39.1 Å². The lowest BCUT2D eigenvalue weighted by molar-refractivity contribution is -0.142. The maximum Gasteiger partial charge on any atom is 0.326 e. The Balaban J connectivity index is 2.68. The van der Waals surface area contributed by atoms with Gasteiger partial charge in [0.2, 0.25) is 5.91 Å². The van der Waals surface area contributed by atoms with Crippen molar-refractivity contribution in [2.75, 3.05) is 0 Å². The van der Waals surface area contributed by atoms with Gasteiger partial charge >= 0.3 is 5.97 Å². The SMILES string of the molecule is CC(C)C[C@H](NC(=O)C(C)c1ccc(Br)s1)C(=O)O. The van der Waals surface area contributed by atoms with E-state index >= 15 is 0 Å². The molecule has 0 aromatic carbocycles. The number of nitrogens with one attached hydrogen (secondary N) is 1. The Bertz CT molecular complexity index is 458. The lowest BCUT2D eigenvalue weighted by atomic mass is 10.0. The van der Waals surface area contributed by atoms with Gasteiger partial charge in [0.05, 0.1) is 9.70 Å². The van der Waals surface area contributed by atoms with Gasteiger partial charge in [-0.15, -0.1) is 11.3 Å². The van der Waals surface area contributed by atoms with Crippen LogP contribution in [0.25, 0.3) is 0 Å². The fourth-order valence-electron chi connectivity index (χ4n) is 1.68. The summed E-state index contributed by atoms with van der Waals surface area (Å²) in [7, 11) is 0. The predicted molar refractivity (Wildman–Crippen MR) is 79.5 cm³/mol. The Kier molecular flexibility index (Phi) is 6.00. The number of hydrogen-bond acceptors (Lipinski definition) is 3. The fraction of sp³-hybridized carbons (Fsp3) is 0.538. The summed E-state index contributed by atoms with van der Waals surface area (Å²) in [5.74, 6) is -1.36. The molecule has 0 aliphatic carbocycles. The molecule has 0 fully saturated rings. The van der Waals surface area contributed by atoms with Gasteiger partial charge in [-0.2, -0.15) is 0 Å². The van der Waals surface area contributed by atoms with Crippen molar-refractivity contribution in [3.05, 3.63) is 20.8 Å². The predicted octanol–water partition coefficient (Wildman–Crippen LogP) is 3.23. The van der Waals surface area contributed by atoms with E-state index in [1.807, 2.05) is 26.0 Å². The van der Waals surface area contributed by atoms with Crippen molar-refractivity contribution in [3.8, 4) is 0 Å². The molecule has 0 aliphatic rings. The molecular weight excluding hydrogens is 330 g/mol. The van der Waals surface area contributed by atoms with E-state index in [1.54, 1.807) is 6.92 Å². The van der Waals surface area contributed by atoms with Gasteiger partial charge in [0.15, 0.2) is 0 Å². The number of amides is 1. The smallest absolute Gasteiger partial charge is 0.326 e. The first-order valence-electron chi connectivity index (χ1n) is 6.09. The molecule has 1 unspecified atom stereocenters. The lowest BCUT2D eigenvalue weighted by Gasteiger charge is -2.18. The van der Waals surface area contributed by atoms with Crippen molar-refractivity contribution < 1.29 is 14.7 Å². The molecule has 4 nitrogen and oxygen atoms in total. The van der Waals surface area contributed by atoms with Crippen LogP contribution in [0.2, 0.25) is 0 Å². The Morgan fingerprint density at radius 3 is 2.42 bits per heavy atom. The largest absolute Gasteiger partial charge is 0.480 e. The quantitative estimate of drug-likeness (QED) is 0.830. The topological polar surface area (TPSA) is 66.4 Å². The van der Waals surface area contributed by atoms with Gasteiger partial charge in [-0.3, -0.25) is 4.79 Å². The summed E-state index contributed by atoms with van der Waals surface area (Å²) < 4.78 is 0.958. The number of hydrogen-bond donors (Lipinski definition) is 2. The minimum absolute atomic E-state index is 0.215. The summed E-state index contributed by atoms with van der Waals surface area (Å²) in [5.41, 5.74) is 0.